The molecule has 0 saturated heterocycles. The van der Waals surface area contributed by atoms with E-state index in [0.29, 0.717) is 19.2 Å². The number of hydrogen-bond acceptors (Lipinski definition) is 4. The topological polar surface area (TPSA) is 72.1 Å². The first-order valence-corrected chi connectivity index (χ1v) is 6.73. The van der Waals surface area contributed by atoms with Crippen LogP contribution in [0.15, 0.2) is 29.3 Å². The summed E-state index contributed by atoms with van der Waals surface area (Å²) >= 11 is 0. The molecule has 0 aliphatic carbocycles. The van der Waals surface area contributed by atoms with Gasteiger partial charge in [-0.05, 0) is 13.0 Å². The first-order valence-electron chi connectivity index (χ1n) is 6.73. The zero-order valence-corrected chi connectivity index (χ0v) is 12.0. The highest BCUT2D eigenvalue weighted by atomic mass is 16.5. The molecule has 6 nitrogen and oxygen atoms in total. The number of rotatable bonds is 3. The molecule has 1 aromatic carbocycles. The number of fused-ring (bicyclic) bond motifs is 1. The van der Waals surface area contributed by atoms with Crippen molar-refractivity contribution in [2.24, 2.45) is 10.8 Å². The molecule has 0 spiro atoms. The lowest BCUT2D eigenvalue weighted by atomic mass is 10.2. The number of aliphatic imine (C=N–C) groups is 1. The van der Waals surface area contributed by atoms with Crippen LogP contribution in [0.25, 0.3) is 0 Å². The minimum atomic E-state index is 0.0467. The number of hydrogen-bond donors (Lipinski definition) is 2. The van der Waals surface area contributed by atoms with E-state index in [1.54, 1.807) is 7.11 Å². The van der Waals surface area contributed by atoms with Crippen molar-refractivity contribution in [2.45, 2.75) is 19.5 Å². The average molecular weight is 278 g/mol. The van der Waals surface area contributed by atoms with Crippen molar-refractivity contribution in [2.75, 3.05) is 26.9 Å². The number of ether oxygens (including phenoxy) is 2. The molecular formula is C14H22N4O2. The molecule has 3 N–H and O–H groups in total. The number of guanidine groups is 1. The lowest BCUT2D eigenvalue weighted by Crippen LogP contribution is -2.46. The molecular weight excluding hydrogens is 256 g/mol. The van der Waals surface area contributed by atoms with Crippen LogP contribution in [-0.2, 0) is 11.3 Å². The molecule has 1 aromatic rings. The Kier molecular flexibility index (Phi) is 5.20. The molecule has 20 heavy (non-hydrogen) atoms. The molecule has 1 heterocycles. The average Bonchev–Trinajstić information content (AvgIpc) is 2.67. The molecule has 0 bridgehead atoms. The maximum absolute atomic E-state index is 5.74. The van der Waals surface area contributed by atoms with Crippen LogP contribution >= 0.6 is 0 Å². The first-order chi connectivity index (χ1) is 9.74. The molecule has 0 saturated carbocycles. The van der Waals surface area contributed by atoms with E-state index in [-0.39, 0.29) is 6.04 Å². The molecule has 6 heteroatoms. The number of benzene rings is 1. The maximum atomic E-state index is 5.74. The van der Waals surface area contributed by atoms with Crippen LogP contribution in [0.3, 0.4) is 0 Å². The van der Waals surface area contributed by atoms with Crippen LogP contribution in [0.4, 0.5) is 0 Å². The highest BCUT2D eigenvalue weighted by Gasteiger charge is 2.18. The standard InChI is InChI=1S/C14H22N4O2/c1-11(10-19-2)16-14(17-15)18-7-8-20-13-6-4-3-5-12(13)9-18/h3-6,11H,7-10,15H2,1-2H3,(H,16,17). The third kappa shape index (κ3) is 3.61. The molecule has 0 amide bonds. The van der Waals surface area contributed by atoms with Gasteiger partial charge in [0.05, 0.1) is 19.2 Å². The maximum Gasteiger partial charge on any atom is 0.209 e. The molecule has 0 fully saturated rings. The monoisotopic (exact) mass is 278 g/mol. The van der Waals surface area contributed by atoms with E-state index in [1.807, 2.05) is 25.1 Å². The summed E-state index contributed by atoms with van der Waals surface area (Å²) in [6.07, 6.45) is 0. The van der Waals surface area contributed by atoms with Gasteiger partial charge in [0, 0.05) is 19.2 Å². The molecule has 1 aliphatic rings. The predicted molar refractivity (Wildman–Crippen MR) is 78.4 cm³/mol. The third-order valence-electron chi connectivity index (χ3n) is 3.13. The summed E-state index contributed by atoms with van der Waals surface area (Å²) in [4.78, 5) is 6.63. The van der Waals surface area contributed by atoms with Gasteiger partial charge in [0.1, 0.15) is 12.4 Å². The SMILES string of the molecule is COCC(C)N=C(NN)N1CCOc2ccccc2C1. The number of para-hydroxylation sites is 1. The van der Waals surface area contributed by atoms with Crippen LogP contribution in [0.5, 0.6) is 5.75 Å². The van der Waals surface area contributed by atoms with Crippen LogP contribution in [0.1, 0.15) is 12.5 Å². The van der Waals surface area contributed by atoms with E-state index in [2.05, 4.69) is 21.4 Å². The summed E-state index contributed by atoms with van der Waals surface area (Å²) in [6, 6.07) is 8.07. The Bertz CT molecular complexity index is 464. The summed E-state index contributed by atoms with van der Waals surface area (Å²) < 4.78 is 10.8. The fourth-order valence-electron chi connectivity index (χ4n) is 2.20. The van der Waals surface area contributed by atoms with Gasteiger partial charge in [-0.2, -0.15) is 0 Å². The predicted octanol–water partition coefficient (Wildman–Crippen LogP) is 0.735. The van der Waals surface area contributed by atoms with Gasteiger partial charge in [0.15, 0.2) is 0 Å². The molecule has 0 radical (unpaired) electrons. The largest absolute Gasteiger partial charge is 0.491 e. The smallest absolute Gasteiger partial charge is 0.209 e. The molecule has 1 atom stereocenters. The van der Waals surface area contributed by atoms with Crippen LogP contribution < -0.4 is 16.0 Å². The molecule has 1 aliphatic heterocycles. The zero-order valence-electron chi connectivity index (χ0n) is 12.0. The Balaban J connectivity index is 2.15. The van der Waals surface area contributed by atoms with Crippen molar-refractivity contribution >= 4 is 5.96 Å². The van der Waals surface area contributed by atoms with Gasteiger partial charge in [-0.1, -0.05) is 18.2 Å². The fraction of sp³-hybridized carbons (Fsp3) is 0.500. The minimum Gasteiger partial charge on any atom is -0.491 e. The van der Waals surface area contributed by atoms with Gasteiger partial charge in [0.25, 0.3) is 0 Å². The summed E-state index contributed by atoms with van der Waals surface area (Å²) in [6.45, 7) is 4.61. The van der Waals surface area contributed by atoms with Crippen molar-refractivity contribution in [3.63, 3.8) is 0 Å². The number of methoxy groups -OCH3 is 1. The summed E-state index contributed by atoms with van der Waals surface area (Å²) in [7, 11) is 1.66. The Labute approximate surface area is 119 Å². The van der Waals surface area contributed by atoms with Gasteiger partial charge < -0.3 is 14.4 Å². The van der Waals surface area contributed by atoms with E-state index >= 15 is 0 Å². The second-order valence-electron chi connectivity index (χ2n) is 4.78. The van der Waals surface area contributed by atoms with E-state index in [1.165, 1.54) is 0 Å². The van der Waals surface area contributed by atoms with Gasteiger partial charge in [-0.3, -0.25) is 5.43 Å². The Morgan fingerprint density at radius 2 is 2.35 bits per heavy atom. The van der Waals surface area contributed by atoms with E-state index in [0.717, 1.165) is 24.4 Å². The van der Waals surface area contributed by atoms with Crippen molar-refractivity contribution in [1.82, 2.24) is 10.3 Å². The normalized spacial score (nSPS) is 16.9. The number of hydrazine groups is 1. The quantitative estimate of drug-likeness (QED) is 0.369. The molecule has 2 rings (SSSR count). The van der Waals surface area contributed by atoms with Gasteiger partial charge in [-0.25, -0.2) is 10.8 Å². The Morgan fingerprint density at radius 1 is 1.55 bits per heavy atom. The van der Waals surface area contributed by atoms with Gasteiger partial charge in [-0.15, -0.1) is 0 Å². The minimum absolute atomic E-state index is 0.0467. The number of nitrogens with two attached hydrogens (primary N) is 1. The van der Waals surface area contributed by atoms with Crippen molar-refractivity contribution < 1.29 is 9.47 Å². The van der Waals surface area contributed by atoms with Crippen molar-refractivity contribution in [3.8, 4) is 5.75 Å². The van der Waals surface area contributed by atoms with E-state index < -0.39 is 0 Å². The van der Waals surface area contributed by atoms with Crippen LogP contribution in [-0.4, -0.2) is 43.8 Å². The molecule has 1 unspecified atom stereocenters. The Hall–Kier alpha value is -1.79. The fourth-order valence-corrected chi connectivity index (χ4v) is 2.20. The van der Waals surface area contributed by atoms with E-state index in [9.17, 15) is 0 Å². The Morgan fingerprint density at radius 3 is 3.10 bits per heavy atom. The molecule has 110 valence electrons. The second kappa shape index (κ2) is 7.12. The van der Waals surface area contributed by atoms with Crippen molar-refractivity contribution in [3.05, 3.63) is 29.8 Å². The lowest BCUT2D eigenvalue weighted by Gasteiger charge is -2.24. The molecule has 0 aromatic heterocycles. The van der Waals surface area contributed by atoms with Crippen LogP contribution in [0.2, 0.25) is 0 Å². The summed E-state index contributed by atoms with van der Waals surface area (Å²) in [5, 5.41) is 0. The van der Waals surface area contributed by atoms with E-state index in [4.69, 9.17) is 15.3 Å². The first kappa shape index (κ1) is 14.6. The highest BCUT2D eigenvalue weighted by Crippen LogP contribution is 2.22. The summed E-state index contributed by atoms with van der Waals surface area (Å²) in [5.41, 5.74) is 3.82. The number of nitrogens with zero attached hydrogens (tertiary/aromatic N) is 2. The zero-order chi connectivity index (χ0) is 14.4. The highest BCUT2D eigenvalue weighted by molar-refractivity contribution is 5.79. The van der Waals surface area contributed by atoms with Gasteiger partial charge in [0.2, 0.25) is 5.96 Å². The summed E-state index contributed by atoms with van der Waals surface area (Å²) in [5.74, 6) is 7.20. The lowest BCUT2D eigenvalue weighted by molar-refractivity contribution is 0.185. The second-order valence-corrected chi connectivity index (χ2v) is 4.78. The van der Waals surface area contributed by atoms with Gasteiger partial charge >= 0.3 is 0 Å². The third-order valence-corrected chi connectivity index (χ3v) is 3.13. The van der Waals surface area contributed by atoms with Crippen LogP contribution in [0, 0.1) is 0 Å². The number of nitrogens with one attached hydrogen (secondary N) is 1. The van der Waals surface area contributed by atoms with Crippen molar-refractivity contribution in [1.29, 1.82) is 0 Å².